The molecule has 7 nitrogen and oxygen atoms in total. The first kappa shape index (κ1) is 26.2. The molecular formula is C27H44O7. The summed E-state index contributed by atoms with van der Waals surface area (Å²) in [6, 6.07) is 0. The van der Waals surface area contributed by atoms with E-state index in [4.69, 9.17) is 0 Å². The average molecular weight is 481 g/mol. The highest BCUT2D eigenvalue weighted by Gasteiger charge is 2.70. The molecule has 0 unspecified atom stereocenters. The Morgan fingerprint density at radius 1 is 1.00 bits per heavy atom. The van der Waals surface area contributed by atoms with Crippen molar-refractivity contribution in [3.63, 3.8) is 0 Å². The van der Waals surface area contributed by atoms with Crippen LogP contribution in [-0.4, -0.2) is 71.5 Å². The van der Waals surface area contributed by atoms with Crippen molar-refractivity contribution in [3.05, 3.63) is 11.6 Å². The molecule has 194 valence electrons. The number of hydrogen-bond donors (Lipinski definition) is 6. The Morgan fingerprint density at radius 3 is 2.26 bits per heavy atom. The van der Waals surface area contributed by atoms with Crippen LogP contribution in [0.3, 0.4) is 0 Å². The molecule has 0 aromatic carbocycles. The van der Waals surface area contributed by atoms with Gasteiger partial charge in [0.15, 0.2) is 5.78 Å². The fourth-order valence-electron chi connectivity index (χ4n) is 8.54. The zero-order valence-electron chi connectivity index (χ0n) is 21.3. The van der Waals surface area contributed by atoms with E-state index in [0.29, 0.717) is 37.7 Å². The minimum atomic E-state index is -1.34. The number of carbonyl (C=O) groups is 1. The van der Waals surface area contributed by atoms with Crippen LogP contribution in [0, 0.1) is 28.6 Å². The third kappa shape index (κ3) is 3.82. The number of allylic oxidation sites excluding steroid dienone is 1. The van der Waals surface area contributed by atoms with E-state index in [1.165, 1.54) is 6.08 Å². The van der Waals surface area contributed by atoms with Crippen molar-refractivity contribution >= 4 is 5.78 Å². The summed E-state index contributed by atoms with van der Waals surface area (Å²) in [7, 11) is 0. The highest BCUT2D eigenvalue weighted by molar-refractivity contribution is 5.95. The van der Waals surface area contributed by atoms with Gasteiger partial charge in [-0.3, -0.25) is 4.79 Å². The van der Waals surface area contributed by atoms with E-state index >= 15 is 0 Å². The number of hydrogen-bond acceptors (Lipinski definition) is 7. The minimum absolute atomic E-state index is 0.151. The van der Waals surface area contributed by atoms with Gasteiger partial charge in [0, 0.05) is 17.3 Å². The summed E-state index contributed by atoms with van der Waals surface area (Å²) in [4.78, 5) is 13.3. The first-order chi connectivity index (χ1) is 15.5. The number of ketones is 1. The van der Waals surface area contributed by atoms with Crippen molar-refractivity contribution in [2.24, 2.45) is 28.6 Å². The molecule has 7 heteroatoms. The molecule has 0 aliphatic heterocycles. The lowest BCUT2D eigenvalue weighted by atomic mass is 9.45. The van der Waals surface area contributed by atoms with Crippen molar-refractivity contribution < 1.29 is 35.4 Å². The predicted molar refractivity (Wildman–Crippen MR) is 127 cm³/mol. The van der Waals surface area contributed by atoms with Gasteiger partial charge in [0.05, 0.1) is 35.1 Å². The number of fused-ring (bicyclic) bond motifs is 5. The van der Waals surface area contributed by atoms with Gasteiger partial charge >= 0.3 is 0 Å². The lowest BCUT2D eigenvalue weighted by molar-refractivity contribution is -0.184. The molecular weight excluding hydrogens is 436 g/mol. The zero-order chi connectivity index (χ0) is 25.5. The fraction of sp³-hybridized carbons (Fsp3) is 0.889. The van der Waals surface area contributed by atoms with Gasteiger partial charge in [-0.1, -0.05) is 13.8 Å². The van der Waals surface area contributed by atoms with Gasteiger partial charge in [-0.2, -0.15) is 0 Å². The minimum Gasteiger partial charge on any atom is -0.392 e. The Bertz CT molecular complexity index is 860. The smallest absolute Gasteiger partial charge is 0.159 e. The van der Waals surface area contributed by atoms with Crippen molar-refractivity contribution in [2.45, 2.75) is 121 Å². The Balaban J connectivity index is 1.69. The van der Waals surface area contributed by atoms with E-state index in [1.807, 2.05) is 13.8 Å². The second kappa shape index (κ2) is 8.09. The summed E-state index contributed by atoms with van der Waals surface area (Å²) >= 11 is 0. The molecule has 0 heterocycles. The number of carbonyl (C=O) groups excluding carboxylic acids is 1. The van der Waals surface area contributed by atoms with Crippen LogP contribution in [0.15, 0.2) is 11.6 Å². The number of aliphatic hydroxyl groups excluding tert-OH is 3. The lowest BCUT2D eigenvalue weighted by Crippen LogP contribution is -2.65. The van der Waals surface area contributed by atoms with E-state index in [0.717, 1.165) is 0 Å². The Kier molecular flexibility index (Phi) is 6.24. The molecule has 0 aromatic rings. The summed E-state index contributed by atoms with van der Waals surface area (Å²) < 4.78 is 0. The van der Waals surface area contributed by atoms with Gasteiger partial charge in [-0.25, -0.2) is 0 Å². The molecule has 3 fully saturated rings. The van der Waals surface area contributed by atoms with Crippen LogP contribution in [0.4, 0.5) is 0 Å². The summed E-state index contributed by atoms with van der Waals surface area (Å²) in [5.74, 6) is -1.45. The summed E-state index contributed by atoms with van der Waals surface area (Å²) in [6.07, 6.45) is 1.95. The van der Waals surface area contributed by atoms with Gasteiger partial charge in [0.25, 0.3) is 0 Å². The number of rotatable bonds is 5. The summed E-state index contributed by atoms with van der Waals surface area (Å²) in [5.41, 5.74) is -4.31. The first-order valence-electron chi connectivity index (χ1n) is 12.9. The largest absolute Gasteiger partial charge is 0.392 e. The van der Waals surface area contributed by atoms with Crippen molar-refractivity contribution in [3.8, 4) is 0 Å². The second-order valence-corrected chi connectivity index (χ2v) is 13.3. The van der Waals surface area contributed by atoms with Crippen LogP contribution in [0.2, 0.25) is 0 Å². The number of aliphatic hydroxyl groups is 6. The average Bonchev–Trinajstić information content (AvgIpc) is 2.94. The Hall–Kier alpha value is -0.830. The fourth-order valence-corrected chi connectivity index (χ4v) is 8.54. The van der Waals surface area contributed by atoms with Crippen LogP contribution in [-0.2, 0) is 4.79 Å². The molecule has 3 saturated carbocycles. The van der Waals surface area contributed by atoms with Crippen LogP contribution < -0.4 is 0 Å². The first-order valence-corrected chi connectivity index (χ1v) is 12.9. The monoisotopic (exact) mass is 480 g/mol. The van der Waals surface area contributed by atoms with Gasteiger partial charge in [-0.15, -0.1) is 0 Å². The SMILES string of the molecule is CC(C)(O)CCC[C@](C)(O)[C@H]1CC[C@@]2(O)C3=CC(=O)[C@@H]4C[C@@H](O)[C@@H](O)C[C@]4(C)[C@H]3[C@H](O)C[C@]12C. The summed E-state index contributed by atoms with van der Waals surface area (Å²) in [5, 5.41) is 66.0. The molecule has 0 saturated heterocycles. The van der Waals surface area contributed by atoms with Gasteiger partial charge in [0.2, 0.25) is 0 Å². The molecule has 0 radical (unpaired) electrons. The van der Waals surface area contributed by atoms with E-state index in [2.05, 4.69) is 0 Å². The molecule has 10 atom stereocenters. The molecule has 0 amide bonds. The van der Waals surface area contributed by atoms with Gasteiger partial charge < -0.3 is 30.6 Å². The maximum Gasteiger partial charge on any atom is 0.159 e. The maximum absolute atomic E-state index is 13.3. The van der Waals surface area contributed by atoms with Gasteiger partial charge in [-0.05, 0) is 95.1 Å². The molecule has 4 aliphatic carbocycles. The van der Waals surface area contributed by atoms with Crippen LogP contribution in [0.5, 0.6) is 0 Å². The maximum atomic E-state index is 13.3. The Morgan fingerprint density at radius 2 is 1.65 bits per heavy atom. The van der Waals surface area contributed by atoms with Crippen molar-refractivity contribution in [1.29, 1.82) is 0 Å². The molecule has 6 N–H and O–H groups in total. The van der Waals surface area contributed by atoms with Crippen molar-refractivity contribution in [2.75, 3.05) is 0 Å². The van der Waals surface area contributed by atoms with Gasteiger partial charge in [0.1, 0.15) is 0 Å². The van der Waals surface area contributed by atoms with Crippen LogP contribution >= 0.6 is 0 Å². The normalized spacial score (nSPS) is 48.4. The molecule has 4 aliphatic rings. The topological polar surface area (TPSA) is 138 Å². The third-order valence-electron chi connectivity index (χ3n) is 10.3. The highest BCUT2D eigenvalue weighted by Crippen LogP contribution is 2.68. The molecule has 0 spiro atoms. The summed E-state index contributed by atoms with van der Waals surface area (Å²) in [6.45, 7) is 9.10. The lowest BCUT2D eigenvalue weighted by Gasteiger charge is -2.62. The van der Waals surface area contributed by atoms with E-state index in [-0.39, 0.29) is 31.0 Å². The quantitative estimate of drug-likeness (QED) is 0.353. The predicted octanol–water partition coefficient (Wildman–Crippen LogP) is 1.85. The highest BCUT2D eigenvalue weighted by atomic mass is 16.3. The molecule has 0 aromatic heterocycles. The second-order valence-electron chi connectivity index (χ2n) is 13.3. The van der Waals surface area contributed by atoms with E-state index in [1.54, 1.807) is 20.8 Å². The van der Waals surface area contributed by atoms with Crippen LogP contribution in [0.1, 0.15) is 86.0 Å². The third-order valence-corrected chi connectivity index (χ3v) is 10.3. The standard InChI is InChI=1S/C27H44O7/c1-23(2,32)8-6-9-26(5,33)21-7-10-27(34)16-12-17(28)15-11-18(29)19(30)13-24(15,3)22(16)20(31)14-25(21,27)4/h12,15,18-22,29-34H,6-11,13-14H2,1-5H3/t15-,18+,19-,20+,21-,22+,24-,25+,26-,27+/m0/s1. The zero-order valence-corrected chi connectivity index (χ0v) is 21.3. The molecule has 4 rings (SSSR count). The molecule has 0 bridgehead atoms. The van der Waals surface area contributed by atoms with Crippen molar-refractivity contribution in [1.82, 2.24) is 0 Å². The molecule has 34 heavy (non-hydrogen) atoms. The van der Waals surface area contributed by atoms with E-state index in [9.17, 15) is 35.4 Å². The van der Waals surface area contributed by atoms with E-state index < -0.39 is 57.8 Å². The Labute approximate surface area is 202 Å². The van der Waals surface area contributed by atoms with Crippen LogP contribution in [0.25, 0.3) is 0 Å².